The molecule has 0 radical (unpaired) electrons. The molecular weight excluding hydrogens is 340 g/mol. The summed E-state index contributed by atoms with van der Waals surface area (Å²) in [4.78, 5) is 18.2. The standard InChI is InChI=1S/C21H36N4O2/c1-6-22-21(23-12-8-14-27-16-17(2)3)24-13-11-18-9-7-10-19(15-18)20(26)25(4)5/h7,9-10,15,17H,6,8,11-14,16H2,1-5H3,(H2,22,23,24). The summed E-state index contributed by atoms with van der Waals surface area (Å²) in [5.41, 5.74) is 1.85. The van der Waals surface area contributed by atoms with Gasteiger partial charge in [0.1, 0.15) is 0 Å². The molecule has 0 saturated heterocycles. The van der Waals surface area contributed by atoms with Gasteiger partial charge in [0.05, 0.1) is 0 Å². The number of ether oxygens (including phenoxy) is 1. The van der Waals surface area contributed by atoms with Crippen molar-refractivity contribution in [1.82, 2.24) is 15.5 Å². The van der Waals surface area contributed by atoms with Gasteiger partial charge in [-0.2, -0.15) is 0 Å². The summed E-state index contributed by atoms with van der Waals surface area (Å²) in [5.74, 6) is 1.42. The van der Waals surface area contributed by atoms with Crippen LogP contribution in [0.25, 0.3) is 0 Å². The molecule has 0 aliphatic rings. The molecule has 1 rings (SSSR count). The number of carbonyl (C=O) groups is 1. The van der Waals surface area contributed by atoms with Gasteiger partial charge in [-0.3, -0.25) is 9.79 Å². The molecule has 0 spiro atoms. The molecule has 0 unspecified atom stereocenters. The number of aliphatic imine (C=N–C) groups is 1. The third-order valence-corrected chi connectivity index (χ3v) is 3.80. The molecule has 0 fully saturated rings. The van der Waals surface area contributed by atoms with Crippen molar-refractivity contribution in [2.24, 2.45) is 10.9 Å². The van der Waals surface area contributed by atoms with Crippen molar-refractivity contribution >= 4 is 11.9 Å². The lowest BCUT2D eigenvalue weighted by Gasteiger charge is -2.13. The molecule has 152 valence electrons. The predicted molar refractivity (Wildman–Crippen MR) is 112 cm³/mol. The van der Waals surface area contributed by atoms with Gasteiger partial charge in [0, 0.05) is 52.5 Å². The second kappa shape index (κ2) is 13.1. The van der Waals surface area contributed by atoms with Crippen LogP contribution in [0.5, 0.6) is 0 Å². The minimum atomic E-state index is 0.0272. The molecule has 0 heterocycles. The van der Waals surface area contributed by atoms with Gasteiger partial charge >= 0.3 is 0 Å². The maximum absolute atomic E-state index is 12.1. The second-order valence-electron chi connectivity index (χ2n) is 7.16. The number of amides is 1. The molecule has 6 heteroatoms. The van der Waals surface area contributed by atoms with Crippen molar-refractivity contribution in [1.29, 1.82) is 0 Å². The molecule has 0 bridgehead atoms. The number of hydrogen-bond acceptors (Lipinski definition) is 3. The highest BCUT2D eigenvalue weighted by Crippen LogP contribution is 2.07. The van der Waals surface area contributed by atoms with Crippen LogP contribution >= 0.6 is 0 Å². The number of guanidine groups is 1. The smallest absolute Gasteiger partial charge is 0.253 e. The summed E-state index contributed by atoms with van der Waals surface area (Å²) < 4.78 is 5.58. The van der Waals surface area contributed by atoms with Gasteiger partial charge < -0.3 is 20.3 Å². The van der Waals surface area contributed by atoms with Crippen LogP contribution in [-0.2, 0) is 11.2 Å². The lowest BCUT2D eigenvalue weighted by molar-refractivity contribution is 0.0827. The van der Waals surface area contributed by atoms with Crippen molar-refractivity contribution in [3.8, 4) is 0 Å². The van der Waals surface area contributed by atoms with Gasteiger partial charge in [-0.05, 0) is 43.4 Å². The molecule has 6 nitrogen and oxygen atoms in total. The topological polar surface area (TPSA) is 66.0 Å². The predicted octanol–water partition coefficient (Wildman–Crippen LogP) is 2.55. The van der Waals surface area contributed by atoms with E-state index >= 15 is 0 Å². The Hall–Kier alpha value is -2.08. The van der Waals surface area contributed by atoms with E-state index in [9.17, 15) is 4.79 Å². The highest BCUT2D eigenvalue weighted by molar-refractivity contribution is 5.94. The van der Waals surface area contributed by atoms with Crippen molar-refractivity contribution in [3.63, 3.8) is 0 Å². The Labute approximate surface area is 164 Å². The molecule has 1 aromatic rings. The number of hydrogen-bond donors (Lipinski definition) is 2. The van der Waals surface area contributed by atoms with E-state index in [-0.39, 0.29) is 5.91 Å². The SMILES string of the molecule is CCNC(=NCCCOCC(C)C)NCCc1cccc(C(=O)N(C)C)c1. The third kappa shape index (κ3) is 9.99. The lowest BCUT2D eigenvalue weighted by Crippen LogP contribution is -2.38. The molecule has 0 aliphatic carbocycles. The first kappa shape index (κ1) is 23.0. The van der Waals surface area contributed by atoms with Crippen molar-refractivity contribution in [3.05, 3.63) is 35.4 Å². The van der Waals surface area contributed by atoms with Gasteiger partial charge in [0.25, 0.3) is 5.91 Å². The fourth-order valence-corrected chi connectivity index (χ4v) is 2.46. The minimum absolute atomic E-state index is 0.0272. The zero-order valence-electron chi connectivity index (χ0n) is 17.5. The molecular formula is C21H36N4O2. The molecule has 1 amide bonds. The van der Waals surface area contributed by atoms with Crippen molar-refractivity contribution in [2.45, 2.75) is 33.6 Å². The number of nitrogens with zero attached hydrogens (tertiary/aromatic N) is 2. The van der Waals surface area contributed by atoms with Crippen LogP contribution < -0.4 is 10.6 Å². The van der Waals surface area contributed by atoms with Crippen LogP contribution in [0.2, 0.25) is 0 Å². The van der Waals surface area contributed by atoms with Crippen molar-refractivity contribution < 1.29 is 9.53 Å². The highest BCUT2D eigenvalue weighted by Gasteiger charge is 2.08. The molecule has 0 aliphatic heterocycles. The molecule has 2 N–H and O–H groups in total. The Kier molecular flexibility index (Phi) is 11.2. The lowest BCUT2D eigenvalue weighted by atomic mass is 10.1. The fourth-order valence-electron chi connectivity index (χ4n) is 2.46. The number of rotatable bonds is 11. The zero-order chi connectivity index (χ0) is 20.1. The zero-order valence-corrected chi connectivity index (χ0v) is 17.5. The maximum Gasteiger partial charge on any atom is 0.253 e. The van der Waals surface area contributed by atoms with Gasteiger partial charge in [0.15, 0.2) is 5.96 Å². The molecule has 1 aromatic carbocycles. The Bertz CT molecular complexity index is 585. The Balaban J connectivity index is 2.42. The van der Waals surface area contributed by atoms with E-state index in [1.54, 1.807) is 19.0 Å². The first-order chi connectivity index (χ1) is 12.9. The summed E-state index contributed by atoms with van der Waals surface area (Å²) in [5, 5.41) is 6.61. The first-order valence-electron chi connectivity index (χ1n) is 9.84. The monoisotopic (exact) mass is 376 g/mol. The van der Waals surface area contributed by atoms with E-state index in [2.05, 4.69) is 36.4 Å². The van der Waals surface area contributed by atoms with E-state index in [1.807, 2.05) is 24.3 Å². The average molecular weight is 377 g/mol. The summed E-state index contributed by atoms with van der Waals surface area (Å²) in [6, 6.07) is 7.79. The van der Waals surface area contributed by atoms with Gasteiger partial charge in [-0.15, -0.1) is 0 Å². The quantitative estimate of drug-likeness (QED) is 0.354. The molecule has 27 heavy (non-hydrogen) atoms. The normalized spacial score (nSPS) is 11.6. The van der Waals surface area contributed by atoms with E-state index in [0.717, 1.165) is 62.8 Å². The molecule has 0 atom stereocenters. The number of carbonyl (C=O) groups excluding carboxylic acids is 1. The fraction of sp³-hybridized carbons (Fsp3) is 0.619. The van der Waals surface area contributed by atoms with Crippen LogP contribution in [0.1, 0.15) is 43.1 Å². The van der Waals surface area contributed by atoms with E-state index < -0.39 is 0 Å². The molecule has 0 aromatic heterocycles. The van der Waals surface area contributed by atoms with Crippen LogP contribution in [0.15, 0.2) is 29.3 Å². The second-order valence-corrected chi connectivity index (χ2v) is 7.16. The highest BCUT2D eigenvalue weighted by atomic mass is 16.5. The third-order valence-electron chi connectivity index (χ3n) is 3.80. The Morgan fingerprint density at radius 3 is 2.70 bits per heavy atom. The van der Waals surface area contributed by atoms with E-state index in [1.165, 1.54) is 0 Å². The van der Waals surface area contributed by atoms with Gasteiger partial charge in [-0.25, -0.2) is 0 Å². The summed E-state index contributed by atoms with van der Waals surface area (Å²) in [6.07, 6.45) is 1.74. The van der Waals surface area contributed by atoms with Crippen LogP contribution in [0, 0.1) is 5.92 Å². The largest absolute Gasteiger partial charge is 0.381 e. The summed E-state index contributed by atoms with van der Waals surface area (Å²) in [7, 11) is 3.53. The van der Waals surface area contributed by atoms with Crippen LogP contribution in [0.3, 0.4) is 0 Å². The van der Waals surface area contributed by atoms with E-state index in [0.29, 0.717) is 5.92 Å². The van der Waals surface area contributed by atoms with Crippen LogP contribution in [-0.4, -0.2) is 63.7 Å². The summed E-state index contributed by atoms with van der Waals surface area (Å²) in [6.45, 7) is 10.2. The van der Waals surface area contributed by atoms with Gasteiger partial charge in [-0.1, -0.05) is 26.0 Å². The summed E-state index contributed by atoms with van der Waals surface area (Å²) >= 11 is 0. The first-order valence-corrected chi connectivity index (χ1v) is 9.84. The number of nitrogens with one attached hydrogen (secondary N) is 2. The Morgan fingerprint density at radius 1 is 1.26 bits per heavy atom. The number of benzene rings is 1. The maximum atomic E-state index is 12.1. The van der Waals surface area contributed by atoms with Gasteiger partial charge in [0.2, 0.25) is 0 Å². The average Bonchev–Trinajstić information content (AvgIpc) is 2.63. The Morgan fingerprint density at radius 2 is 2.04 bits per heavy atom. The van der Waals surface area contributed by atoms with Crippen molar-refractivity contribution in [2.75, 3.05) is 46.9 Å². The molecule has 0 saturated carbocycles. The van der Waals surface area contributed by atoms with Crippen LogP contribution in [0.4, 0.5) is 0 Å². The minimum Gasteiger partial charge on any atom is -0.381 e. The van der Waals surface area contributed by atoms with E-state index in [4.69, 9.17) is 4.74 Å².